The number of sulfonamides is 1. The maximum absolute atomic E-state index is 13.2. The Labute approximate surface area is 191 Å². The van der Waals surface area contributed by atoms with Gasteiger partial charge in [-0.15, -0.1) is 0 Å². The molecule has 1 N–H and O–H groups in total. The minimum absolute atomic E-state index is 0.00456. The predicted molar refractivity (Wildman–Crippen MR) is 124 cm³/mol. The van der Waals surface area contributed by atoms with Crippen LogP contribution in [0.2, 0.25) is 10.0 Å². The molecule has 3 aromatic carbocycles. The fraction of sp³-hybridized carbons (Fsp3) is 0.136. The second-order valence-electron chi connectivity index (χ2n) is 6.41. The van der Waals surface area contributed by atoms with Crippen LogP contribution in [0.3, 0.4) is 0 Å². The Balaban J connectivity index is 1.79. The normalized spacial score (nSPS) is 11.1. The van der Waals surface area contributed by atoms with Crippen molar-refractivity contribution < 1.29 is 17.9 Å². The highest BCUT2D eigenvalue weighted by Crippen LogP contribution is 2.29. The summed E-state index contributed by atoms with van der Waals surface area (Å²) in [5.41, 5.74) is 0.707. The van der Waals surface area contributed by atoms with E-state index in [1.807, 2.05) is 6.07 Å². The van der Waals surface area contributed by atoms with Gasteiger partial charge in [0.25, 0.3) is 15.9 Å². The third kappa shape index (κ3) is 5.50. The molecule has 0 saturated carbocycles. The van der Waals surface area contributed by atoms with E-state index in [-0.39, 0.29) is 28.8 Å². The fourth-order valence-electron chi connectivity index (χ4n) is 2.86. The van der Waals surface area contributed by atoms with E-state index in [9.17, 15) is 13.2 Å². The number of amides is 1. The van der Waals surface area contributed by atoms with Crippen LogP contribution in [0.15, 0.2) is 77.7 Å². The maximum Gasteiger partial charge on any atom is 0.264 e. The molecule has 0 spiro atoms. The minimum Gasteiger partial charge on any atom is -0.482 e. The number of halogens is 2. The first-order valence-corrected chi connectivity index (χ1v) is 11.6. The lowest BCUT2D eigenvalue weighted by molar-refractivity contribution is -0.118. The van der Waals surface area contributed by atoms with E-state index in [2.05, 4.69) is 5.32 Å². The van der Waals surface area contributed by atoms with Crippen LogP contribution in [0, 0.1) is 0 Å². The lowest BCUT2D eigenvalue weighted by Gasteiger charge is -2.23. The zero-order valence-electron chi connectivity index (χ0n) is 16.6. The molecule has 0 aromatic heterocycles. The van der Waals surface area contributed by atoms with Crippen molar-refractivity contribution in [1.82, 2.24) is 0 Å². The molecule has 0 heterocycles. The molecule has 6 nitrogen and oxygen atoms in total. The minimum atomic E-state index is -3.87. The van der Waals surface area contributed by atoms with Gasteiger partial charge in [-0.25, -0.2) is 8.42 Å². The van der Waals surface area contributed by atoms with Gasteiger partial charge in [0, 0.05) is 6.54 Å². The van der Waals surface area contributed by atoms with E-state index in [0.717, 1.165) is 0 Å². The molecular weight excluding hydrogens is 459 g/mol. The van der Waals surface area contributed by atoms with Gasteiger partial charge >= 0.3 is 0 Å². The summed E-state index contributed by atoms with van der Waals surface area (Å²) in [4.78, 5) is 12.3. The molecule has 0 radical (unpaired) electrons. The average Bonchev–Trinajstić information content (AvgIpc) is 2.75. The van der Waals surface area contributed by atoms with Crippen molar-refractivity contribution in [2.75, 3.05) is 22.8 Å². The molecule has 1 amide bonds. The van der Waals surface area contributed by atoms with Crippen LogP contribution in [-0.2, 0) is 14.8 Å². The number of anilines is 2. The molecular formula is C22H20Cl2N2O4S. The molecule has 3 aromatic rings. The molecule has 31 heavy (non-hydrogen) atoms. The Hall–Kier alpha value is -2.74. The van der Waals surface area contributed by atoms with E-state index >= 15 is 0 Å². The average molecular weight is 479 g/mol. The van der Waals surface area contributed by atoms with Gasteiger partial charge in [-0.05, 0) is 49.4 Å². The van der Waals surface area contributed by atoms with E-state index in [1.54, 1.807) is 55.5 Å². The molecule has 0 atom stereocenters. The number of ether oxygens (including phenoxy) is 1. The second-order valence-corrected chi connectivity index (χ2v) is 9.09. The van der Waals surface area contributed by atoms with E-state index in [4.69, 9.17) is 27.9 Å². The first kappa shape index (κ1) is 22.9. The van der Waals surface area contributed by atoms with Crippen LogP contribution >= 0.6 is 23.2 Å². The van der Waals surface area contributed by atoms with Gasteiger partial charge in [-0.1, -0.05) is 53.5 Å². The van der Waals surface area contributed by atoms with Gasteiger partial charge in [-0.2, -0.15) is 0 Å². The van der Waals surface area contributed by atoms with Crippen LogP contribution in [0.4, 0.5) is 11.4 Å². The highest BCUT2D eigenvalue weighted by molar-refractivity contribution is 7.92. The summed E-state index contributed by atoms with van der Waals surface area (Å²) in [6.07, 6.45) is 0. The molecule has 3 rings (SSSR count). The summed E-state index contributed by atoms with van der Waals surface area (Å²) in [6, 6.07) is 19.7. The quantitative estimate of drug-likeness (QED) is 0.480. The standard InChI is InChI=1S/C22H20Cl2N2O4S/c1-2-26(16-8-4-3-5-9-16)31(28,29)17-12-13-18(23)20(14-17)25-22(27)15-30-21-11-7-6-10-19(21)24/h3-14H,2,15H2,1H3,(H,25,27). The van der Waals surface area contributed by atoms with Gasteiger partial charge < -0.3 is 10.1 Å². The van der Waals surface area contributed by atoms with Crippen molar-refractivity contribution in [3.63, 3.8) is 0 Å². The zero-order chi connectivity index (χ0) is 22.4. The van der Waals surface area contributed by atoms with Gasteiger partial charge in [0.1, 0.15) is 5.75 Å². The third-order valence-electron chi connectivity index (χ3n) is 4.33. The zero-order valence-corrected chi connectivity index (χ0v) is 18.9. The Kier molecular flexibility index (Phi) is 7.43. The summed E-state index contributed by atoms with van der Waals surface area (Å²) < 4.78 is 33.1. The van der Waals surface area contributed by atoms with Gasteiger partial charge in [-0.3, -0.25) is 9.10 Å². The van der Waals surface area contributed by atoms with Crippen molar-refractivity contribution in [2.24, 2.45) is 0 Å². The summed E-state index contributed by atoms with van der Waals surface area (Å²) in [7, 11) is -3.87. The van der Waals surface area contributed by atoms with E-state index in [1.165, 1.54) is 22.5 Å². The number of nitrogens with zero attached hydrogens (tertiary/aromatic N) is 1. The van der Waals surface area contributed by atoms with Crippen LogP contribution in [-0.4, -0.2) is 27.5 Å². The number of nitrogens with one attached hydrogen (secondary N) is 1. The van der Waals surface area contributed by atoms with E-state index in [0.29, 0.717) is 16.5 Å². The summed E-state index contributed by atoms with van der Waals surface area (Å²) in [5.74, 6) is -0.144. The second kappa shape index (κ2) is 10.0. The number of hydrogen-bond acceptors (Lipinski definition) is 4. The summed E-state index contributed by atoms with van der Waals surface area (Å²) >= 11 is 12.2. The number of hydrogen-bond donors (Lipinski definition) is 1. The van der Waals surface area contributed by atoms with Crippen molar-refractivity contribution in [2.45, 2.75) is 11.8 Å². The number of carbonyl (C=O) groups excluding carboxylic acids is 1. The SMILES string of the molecule is CCN(c1ccccc1)S(=O)(=O)c1ccc(Cl)c(NC(=O)COc2ccccc2Cl)c1. The lowest BCUT2D eigenvalue weighted by atomic mass is 10.3. The van der Waals surface area contributed by atoms with Gasteiger partial charge in [0.15, 0.2) is 6.61 Å². The fourth-order valence-corrected chi connectivity index (χ4v) is 4.72. The number of carbonyl (C=O) groups is 1. The van der Waals surface area contributed by atoms with Crippen molar-refractivity contribution in [1.29, 1.82) is 0 Å². The smallest absolute Gasteiger partial charge is 0.264 e. The van der Waals surface area contributed by atoms with Crippen LogP contribution in [0.1, 0.15) is 6.92 Å². The third-order valence-corrected chi connectivity index (χ3v) is 6.87. The molecule has 0 aliphatic rings. The van der Waals surface area contributed by atoms with Crippen LogP contribution in [0.5, 0.6) is 5.75 Å². The first-order chi connectivity index (χ1) is 14.8. The highest BCUT2D eigenvalue weighted by Gasteiger charge is 2.24. The number of para-hydroxylation sites is 2. The molecule has 162 valence electrons. The Morgan fingerprint density at radius 1 is 0.968 bits per heavy atom. The number of benzene rings is 3. The Bertz CT molecular complexity index is 1170. The summed E-state index contributed by atoms with van der Waals surface area (Å²) in [5, 5.41) is 3.17. The molecule has 0 aliphatic heterocycles. The van der Waals surface area contributed by atoms with Crippen molar-refractivity contribution in [3.8, 4) is 5.75 Å². The topological polar surface area (TPSA) is 75.7 Å². The largest absolute Gasteiger partial charge is 0.482 e. The predicted octanol–water partition coefficient (Wildman–Crippen LogP) is 5.23. The van der Waals surface area contributed by atoms with Gasteiger partial charge in [0.05, 0.1) is 26.3 Å². The highest BCUT2D eigenvalue weighted by atomic mass is 35.5. The molecule has 0 fully saturated rings. The molecule has 0 aliphatic carbocycles. The summed E-state index contributed by atoms with van der Waals surface area (Å²) in [6.45, 7) is 1.67. The lowest BCUT2D eigenvalue weighted by Crippen LogP contribution is -2.30. The Morgan fingerprint density at radius 3 is 2.32 bits per heavy atom. The van der Waals surface area contributed by atoms with E-state index < -0.39 is 15.9 Å². The molecule has 0 saturated heterocycles. The molecule has 0 unspecified atom stereocenters. The maximum atomic E-state index is 13.2. The van der Waals surface area contributed by atoms with Crippen LogP contribution in [0.25, 0.3) is 0 Å². The van der Waals surface area contributed by atoms with Crippen molar-refractivity contribution >= 4 is 50.5 Å². The molecule has 9 heteroatoms. The van der Waals surface area contributed by atoms with Crippen LogP contribution < -0.4 is 14.4 Å². The number of rotatable bonds is 8. The Morgan fingerprint density at radius 2 is 1.65 bits per heavy atom. The van der Waals surface area contributed by atoms with Gasteiger partial charge in [0.2, 0.25) is 0 Å². The molecule has 0 bridgehead atoms. The monoisotopic (exact) mass is 478 g/mol. The first-order valence-electron chi connectivity index (χ1n) is 9.37. The van der Waals surface area contributed by atoms with Crippen molar-refractivity contribution in [3.05, 3.63) is 82.8 Å².